The van der Waals surface area contributed by atoms with Gasteiger partial charge in [-0.05, 0) is 23.6 Å². The van der Waals surface area contributed by atoms with Crippen LogP contribution in [0.15, 0.2) is 48.5 Å². The maximum absolute atomic E-state index is 13.7. The molecule has 2 rings (SSSR count). The van der Waals surface area contributed by atoms with Gasteiger partial charge in [-0.2, -0.15) is 0 Å². The van der Waals surface area contributed by atoms with Crippen LogP contribution in [0.4, 0.5) is 4.39 Å². The molecule has 0 aliphatic carbocycles. The molecule has 0 aromatic heterocycles. The summed E-state index contributed by atoms with van der Waals surface area (Å²) < 4.78 is 13.7. The monoisotopic (exact) mass is 214 g/mol. The van der Waals surface area contributed by atoms with Crippen LogP contribution in [0.1, 0.15) is 18.9 Å². The van der Waals surface area contributed by atoms with Gasteiger partial charge < -0.3 is 0 Å². The average molecular weight is 214 g/mol. The Morgan fingerprint density at radius 1 is 0.875 bits per heavy atom. The highest BCUT2D eigenvalue weighted by Crippen LogP contribution is 2.26. The van der Waals surface area contributed by atoms with Gasteiger partial charge in [0, 0.05) is 5.56 Å². The normalized spacial score (nSPS) is 10.4. The first-order valence-corrected chi connectivity index (χ1v) is 5.65. The van der Waals surface area contributed by atoms with Crippen LogP contribution in [0.2, 0.25) is 0 Å². The smallest absolute Gasteiger partial charge is 0.131 e. The fourth-order valence-electron chi connectivity index (χ4n) is 1.95. The molecular weight excluding hydrogens is 199 g/mol. The van der Waals surface area contributed by atoms with Crippen molar-refractivity contribution in [2.75, 3.05) is 0 Å². The second kappa shape index (κ2) is 4.93. The fourth-order valence-corrected chi connectivity index (χ4v) is 1.95. The molecule has 0 aliphatic heterocycles. The molecule has 0 spiro atoms. The summed E-state index contributed by atoms with van der Waals surface area (Å²) in [5.74, 6) is -0.147. The minimum atomic E-state index is -0.147. The third-order valence-corrected chi connectivity index (χ3v) is 2.70. The molecule has 0 bridgehead atoms. The van der Waals surface area contributed by atoms with E-state index in [4.69, 9.17) is 0 Å². The second-order valence-corrected chi connectivity index (χ2v) is 3.89. The standard InChI is InChI=1S/C15H15F/c1-2-7-12-8-3-4-9-13(12)14-10-5-6-11-15(14)16/h3-6,8-11H,2,7H2,1H3. The quantitative estimate of drug-likeness (QED) is 0.708. The highest BCUT2D eigenvalue weighted by Gasteiger charge is 2.07. The molecule has 2 aromatic rings. The fraction of sp³-hybridized carbons (Fsp3) is 0.200. The molecule has 0 heterocycles. The van der Waals surface area contributed by atoms with Gasteiger partial charge in [-0.3, -0.25) is 0 Å². The van der Waals surface area contributed by atoms with E-state index < -0.39 is 0 Å². The van der Waals surface area contributed by atoms with Crippen molar-refractivity contribution >= 4 is 0 Å². The largest absolute Gasteiger partial charge is 0.206 e. The van der Waals surface area contributed by atoms with Crippen LogP contribution in [-0.2, 0) is 6.42 Å². The number of benzene rings is 2. The topological polar surface area (TPSA) is 0 Å². The predicted molar refractivity (Wildman–Crippen MR) is 65.8 cm³/mol. The van der Waals surface area contributed by atoms with Crippen molar-refractivity contribution in [2.45, 2.75) is 19.8 Å². The summed E-state index contributed by atoms with van der Waals surface area (Å²) in [6, 6.07) is 15.0. The Labute approximate surface area is 95.7 Å². The molecule has 2 aromatic carbocycles. The van der Waals surface area contributed by atoms with Crippen molar-refractivity contribution in [1.82, 2.24) is 0 Å². The summed E-state index contributed by atoms with van der Waals surface area (Å²) in [5, 5.41) is 0. The van der Waals surface area contributed by atoms with E-state index in [1.54, 1.807) is 6.07 Å². The number of halogens is 1. The van der Waals surface area contributed by atoms with Crippen LogP contribution in [0.25, 0.3) is 11.1 Å². The molecule has 0 unspecified atom stereocenters. The van der Waals surface area contributed by atoms with Crippen molar-refractivity contribution in [3.63, 3.8) is 0 Å². The number of hydrogen-bond acceptors (Lipinski definition) is 0. The second-order valence-electron chi connectivity index (χ2n) is 3.89. The van der Waals surface area contributed by atoms with E-state index >= 15 is 0 Å². The Morgan fingerprint density at radius 2 is 1.50 bits per heavy atom. The summed E-state index contributed by atoms with van der Waals surface area (Å²) in [5.41, 5.74) is 2.93. The van der Waals surface area contributed by atoms with E-state index in [0.717, 1.165) is 18.4 Å². The minimum absolute atomic E-state index is 0.147. The van der Waals surface area contributed by atoms with Gasteiger partial charge in [0.1, 0.15) is 5.82 Å². The van der Waals surface area contributed by atoms with E-state index in [9.17, 15) is 4.39 Å². The molecular formula is C15H15F. The van der Waals surface area contributed by atoms with Gasteiger partial charge in [0.25, 0.3) is 0 Å². The van der Waals surface area contributed by atoms with Crippen LogP contribution in [-0.4, -0.2) is 0 Å². The summed E-state index contributed by atoms with van der Waals surface area (Å²) >= 11 is 0. The van der Waals surface area contributed by atoms with Crippen molar-refractivity contribution in [2.24, 2.45) is 0 Å². The molecule has 0 saturated carbocycles. The summed E-state index contributed by atoms with van der Waals surface area (Å²) in [6.07, 6.45) is 2.07. The molecule has 0 amide bonds. The van der Waals surface area contributed by atoms with Crippen LogP contribution in [0.3, 0.4) is 0 Å². The Balaban J connectivity index is 2.51. The van der Waals surface area contributed by atoms with Gasteiger partial charge >= 0.3 is 0 Å². The summed E-state index contributed by atoms with van der Waals surface area (Å²) in [6.45, 7) is 2.14. The van der Waals surface area contributed by atoms with Crippen LogP contribution in [0, 0.1) is 5.82 Å². The number of hydrogen-bond donors (Lipinski definition) is 0. The summed E-state index contributed by atoms with van der Waals surface area (Å²) in [7, 11) is 0. The Hall–Kier alpha value is -1.63. The highest BCUT2D eigenvalue weighted by atomic mass is 19.1. The van der Waals surface area contributed by atoms with Crippen molar-refractivity contribution in [3.8, 4) is 11.1 Å². The molecule has 0 nitrogen and oxygen atoms in total. The third-order valence-electron chi connectivity index (χ3n) is 2.70. The lowest BCUT2D eigenvalue weighted by atomic mass is 9.97. The van der Waals surface area contributed by atoms with E-state index in [0.29, 0.717) is 5.56 Å². The zero-order valence-electron chi connectivity index (χ0n) is 9.41. The maximum atomic E-state index is 13.7. The summed E-state index contributed by atoms with van der Waals surface area (Å²) in [4.78, 5) is 0. The first-order chi connectivity index (χ1) is 7.83. The maximum Gasteiger partial charge on any atom is 0.131 e. The van der Waals surface area contributed by atoms with Gasteiger partial charge in [-0.1, -0.05) is 55.8 Å². The van der Waals surface area contributed by atoms with E-state index in [-0.39, 0.29) is 5.82 Å². The lowest BCUT2D eigenvalue weighted by Gasteiger charge is -2.09. The predicted octanol–water partition coefficient (Wildman–Crippen LogP) is 4.45. The molecule has 0 atom stereocenters. The molecule has 0 N–H and O–H groups in total. The Kier molecular flexibility index (Phi) is 3.35. The van der Waals surface area contributed by atoms with Crippen molar-refractivity contribution in [1.29, 1.82) is 0 Å². The Morgan fingerprint density at radius 3 is 2.19 bits per heavy atom. The lowest BCUT2D eigenvalue weighted by molar-refractivity contribution is 0.631. The van der Waals surface area contributed by atoms with Gasteiger partial charge in [0.2, 0.25) is 0 Å². The molecule has 0 aliphatic rings. The average Bonchev–Trinajstić information content (AvgIpc) is 2.31. The lowest BCUT2D eigenvalue weighted by Crippen LogP contribution is -1.91. The first kappa shape index (κ1) is 10.9. The molecule has 1 heteroatoms. The van der Waals surface area contributed by atoms with Crippen LogP contribution < -0.4 is 0 Å². The van der Waals surface area contributed by atoms with E-state index in [1.807, 2.05) is 30.3 Å². The first-order valence-electron chi connectivity index (χ1n) is 5.65. The van der Waals surface area contributed by atoms with Crippen molar-refractivity contribution < 1.29 is 4.39 Å². The van der Waals surface area contributed by atoms with Gasteiger partial charge in [0.05, 0.1) is 0 Å². The van der Waals surface area contributed by atoms with Gasteiger partial charge in [-0.25, -0.2) is 4.39 Å². The molecule has 0 fully saturated rings. The highest BCUT2D eigenvalue weighted by molar-refractivity contribution is 5.67. The molecule has 16 heavy (non-hydrogen) atoms. The molecule has 82 valence electrons. The van der Waals surface area contributed by atoms with Gasteiger partial charge in [-0.15, -0.1) is 0 Å². The molecule has 0 radical (unpaired) electrons. The van der Waals surface area contributed by atoms with Gasteiger partial charge in [0.15, 0.2) is 0 Å². The number of rotatable bonds is 3. The van der Waals surface area contributed by atoms with Crippen LogP contribution >= 0.6 is 0 Å². The molecule has 0 saturated heterocycles. The third kappa shape index (κ3) is 2.13. The van der Waals surface area contributed by atoms with Crippen molar-refractivity contribution in [3.05, 3.63) is 59.9 Å². The van der Waals surface area contributed by atoms with E-state index in [1.165, 1.54) is 11.6 Å². The zero-order chi connectivity index (χ0) is 11.4. The van der Waals surface area contributed by atoms with E-state index in [2.05, 4.69) is 13.0 Å². The Bertz CT molecular complexity index is 474. The number of aryl methyl sites for hydroxylation is 1. The minimum Gasteiger partial charge on any atom is -0.206 e. The SMILES string of the molecule is CCCc1ccccc1-c1ccccc1F. The zero-order valence-corrected chi connectivity index (χ0v) is 9.41. The van der Waals surface area contributed by atoms with Crippen LogP contribution in [0.5, 0.6) is 0 Å².